The van der Waals surface area contributed by atoms with E-state index in [9.17, 15) is 0 Å². The van der Waals surface area contributed by atoms with Crippen molar-refractivity contribution in [1.29, 1.82) is 0 Å². The van der Waals surface area contributed by atoms with Crippen molar-refractivity contribution in [3.8, 4) is 17.2 Å². The van der Waals surface area contributed by atoms with Gasteiger partial charge < -0.3 is 19.5 Å². The zero-order valence-corrected chi connectivity index (χ0v) is 18.5. The van der Waals surface area contributed by atoms with Crippen LogP contribution in [0.25, 0.3) is 0 Å². The number of piperazine rings is 1. The Morgan fingerprint density at radius 3 is 2.21 bits per heavy atom. The topological polar surface area (TPSA) is 43.0 Å². The van der Waals surface area contributed by atoms with Crippen LogP contribution < -0.4 is 19.5 Å². The Balaban J connectivity index is 1.85. The molecule has 29 heavy (non-hydrogen) atoms. The molecular weight excluding hydrogens is 388 g/mol. The van der Waals surface area contributed by atoms with E-state index in [1.165, 1.54) is 11.1 Å². The second-order valence-corrected chi connectivity index (χ2v) is 7.98. The maximum atomic E-state index is 6.22. The standard InChI is InChI=1S/C23H31ClN2O3/c1-16-15-26(10-9-25-16)19(11-17-5-7-20(24)22(13-17)28-3)12-18-6-8-21(27-2)23(14-18)29-4/h5-8,13-14,16,19,25H,9-12,15H2,1-4H3. The maximum absolute atomic E-state index is 6.22. The number of nitrogens with zero attached hydrogens (tertiary/aromatic N) is 1. The lowest BCUT2D eigenvalue weighted by Gasteiger charge is -2.38. The Morgan fingerprint density at radius 1 is 0.966 bits per heavy atom. The fourth-order valence-corrected chi connectivity index (χ4v) is 4.20. The third kappa shape index (κ3) is 5.56. The predicted molar refractivity (Wildman–Crippen MR) is 118 cm³/mol. The number of ether oxygens (including phenoxy) is 3. The van der Waals surface area contributed by atoms with Gasteiger partial charge in [-0.1, -0.05) is 23.7 Å². The molecule has 1 heterocycles. The summed E-state index contributed by atoms with van der Waals surface area (Å²) < 4.78 is 16.3. The van der Waals surface area contributed by atoms with Gasteiger partial charge >= 0.3 is 0 Å². The van der Waals surface area contributed by atoms with Crippen LogP contribution in [0.3, 0.4) is 0 Å². The molecule has 1 N–H and O–H groups in total. The average Bonchev–Trinajstić information content (AvgIpc) is 2.74. The first-order valence-electron chi connectivity index (χ1n) is 10.0. The molecule has 1 aliphatic rings. The van der Waals surface area contributed by atoms with E-state index in [0.29, 0.717) is 17.1 Å². The maximum Gasteiger partial charge on any atom is 0.160 e. The van der Waals surface area contributed by atoms with Gasteiger partial charge in [0.05, 0.1) is 26.4 Å². The van der Waals surface area contributed by atoms with Crippen molar-refractivity contribution < 1.29 is 14.2 Å². The van der Waals surface area contributed by atoms with Gasteiger partial charge in [-0.05, 0) is 55.2 Å². The minimum absolute atomic E-state index is 0.364. The van der Waals surface area contributed by atoms with E-state index < -0.39 is 0 Å². The van der Waals surface area contributed by atoms with Crippen molar-refractivity contribution in [2.75, 3.05) is 41.0 Å². The summed E-state index contributed by atoms with van der Waals surface area (Å²) in [6.07, 6.45) is 1.85. The zero-order valence-electron chi connectivity index (χ0n) is 17.7. The summed E-state index contributed by atoms with van der Waals surface area (Å²) in [5, 5.41) is 4.18. The van der Waals surface area contributed by atoms with Gasteiger partial charge in [0.25, 0.3) is 0 Å². The van der Waals surface area contributed by atoms with Gasteiger partial charge in [-0.2, -0.15) is 0 Å². The number of nitrogens with one attached hydrogen (secondary N) is 1. The minimum Gasteiger partial charge on any atom is -0.495 e. The average molecular weight is 419 g/mol. The third-order valence-electron chi connectivity index (χ3n) is 5.52. The molecule has 0 aliphatic carbocycles. The molecule has 2 unspecified atom stereocenters. The number of benzene rings is 2. The SMILES string of the molecule is COc1cc(CC(Cc2ccc(OC)c(OC)c2)N2CCNC(C)C2)ccc1Cl. The van der Waals surface area contributed by atoms with Crippen LogP contribution in [0.2, 0.25) is 5.02 Å². The van der Waals surface area contributed by atoms with Gasteiger partial charge in [-0.15, -0.1) is 0 Å². The lowest BCUT2D eigenvalue weighted by atomic mass is 9.96. The third-order valence-corrected chi connectivity index (χ3v) is 5.83. The molecule has 158 valence electrons. The van der Waals surface area contributed by atoms with Crippen LogP contribution in [0.15, 0.2) is 36.4 Å². The Morgan fingerprint density at radius 2 is 1.59 bits per heavy atom. The second kappa shape index (κ2) is 10.2. The molecule has 5 nitrogen and oxygen atoms in total. The van der Waals surface area contributed by atoms with Gasteiger partial charge in [-0.25, -0.2) is 0 Å². The molecule has 1 fully saturated rings. The molecule has 0 bridgehead atoms. The first-order valence-corrected chi connectivity index (χ1v) is 10.4. The van der Waals surface area contributed by atoms with Gasteiger partial charge in [0, 0.05) is 31.7 Å². The van der Waals surface area contributed by atoms with Gasteiger partial charge in [0.2, 0.25) is 0 Å². The largest absolute Gasteiger partial charge is 0.495 e. The summed E-state index contributed by atoms with van der Waals surface area (Å²) >= 11 is 6.22. The highest BCUT2D eigenvalue weighted by Gasteiger charge is 2.25. The molecule has 2 atom stereocenters. The lowest BCUT2D eigenvalue weighted by Crippen LogP contribution is -2.53. The highest BCUT2D eigenvalue weighted by atomic mass is 35.5. The van der Waals surface area contributed by atoms with E-state index in [0.717, 1.165) is 49.7 Å². The smallest absolute Gasteiger partial charge is 0.160 e. The van der Waals surface area contributed by atoms with Crippen LogP contribution in [-0.2, 0) is 12.8 Å². The van der Waals surface area contributed by atoms with E-state index in [-0.39, 0.29) is 0 Å². The summed E-state index contributed by atoms with van der Waals surface area (Å²) in [5.41, 5.74) is 2.46. The van der Waals surface area contributed by atoms with Crippen LogP contribution >= 0.6 is 11.6 Å². The monoisotopic (exact) mass is 418 g/mol. The summed E-state index contributed by atoms with van der Waals surface area (Å²) in [6, 6.07) is 13.1. The number of hydrogen-bond donors (Lipinski definition) is 1. The summed E-state index contributed by atoms with van der Waals surface area (Å²) in [6.45, 7) is 5.31. The van der Waals surface area contributed by atoms with Crippen molar-refractivity contribution in [1.82, 2.24) is 10.2 Å². The van der Waals surface area contributed by atoms with E-state index >= 15 is 0 Å². The summed E-state index contributed by atoms with van der Waals surface area (Å²) in [5.74, 6) is 2.25. The van der Waals surface area contributed by atoms with Crippen molar-refractivity contribution >= 4 is 11.6 Å². The van der Waals surface area contributed by atoms with Gasteiger partial charge in [0.15, 0.2) is 11.5 Å². The summed E-state index contributed by atoms with van der Waals surface area (Å²) in [4.78, 5) is 2.58. The minimum atomic E-state index is 0.364. The first-order chi connectivity index (χ1) is 14.0. The van der Waals surface area contributed by atoms with E-state index in [1.807, 2.05) is 12.1 Å². The van der Waals surface area contributed by atoms with Crippen LogP contribution in [0.5, 0.6) is 17.2 Å². The van der Waals surface area contributed by atoms with E-state index in [1.54, 1.807) is 21.3 Å². The van der Waals surface area contributed by atoms with Gasteiger partial charge in [-0.3, -0.25) is 4.90 Å². The molecule has 2 aromatic rings. The predicted octanol–water partition coefficient (Wildman–Crippen LogP) is 3.81. The molecule has 0 saturated carbocycles. The lowest BCUT2D eigenvalue weighted by molar-refractivity contribution is 0.146. The Kier molecular flexibility index (Phi) is 7.64. The molecular formula is C23H31ClN2O3. The van der Waals surface area contributed by atoms with Crippen molar-refractivity contribution in [2.24, 2.45) is 0 Å². The molecule has 0 aromatic heterocycles. The zero-order chi connectivity index (χ0) is 20.8. The van der Waals surface area contributed by atoms with Crippen LogP contribution in [0, 0.1) is 0 Å². The molecule has 2 aromatic carbocycles. The number of methoxy groups -OCH3 is 3. The Labute approximate surface area is 178 Å². The van der Waals surface area contributed by atoms with Crippen LogP contribution in [0.1, 0.15) is 18.1 Å². The molecule has 6 heteroatoms. The Hall–Kier alpha value is -1.95. The molecule has 0 spiro atoms. The molecule has 1 aliphatic heterocycles. The molecule has 0 amide bonds. The fourth-order valence-electron chi connectivity index (χ4n) is 4.01. The molecule has 0 radical (unpaired) electrons. The number of hydrogen-bond acceptors (Lipinski definition) is 5. The van der Waals surface area contributed by atoms with E-state index in [2.05, 4.69) is 41.4 Å². The van der Waals surface area contributed by atoms with Crippen molar-refractivity contribution in [3.63, 3.8) is 0 Å². The fraction of sp³-hybridized carbons (Fsp3) is 0.478. The summed E-state index contributed by atoms with van der Waals surface area (Å²) in [7, 11) is 5.00. The highest BCUT2D eigenvalue weighted by Crippen LogP contribution is 2.30. The molecule has 1 saturated heterocycles. The second-order valence-electron chi connectivity index (χ2n) is 7.57. The van der Waals surface area contributed by atoms with Crippen molar-refractivity contribution in [2.45, 2.75) is 31.8 Å². The highest BCUT2D eigenvalue weighted by molar-refractivity contribution is 6.32. The van der Waals surface area contributed by atoms with Crippen molar-refractivity contribution in [3.05, 3.63) is 52.5 Å². The number of rotatable bonds is 8. The van der Waals surface area contributed by atoms with Gasteiger partial charge in [0.1, 0.15) is 5.75 Å². The van der Waals surface area contributed by atoms with Crippen LogP contribution in [-0.4, -0.2) is 57.9 Å². The first kappa shape index (κ1) is 21.8. The molecule has 3 rings (SSSR count). The Bertz CT molecular complexity index is 815. The quantitative estimate of drug-likeness (QED) is 0.706. The normalized spacial score (nSPS) is 18.3. The van der Waals surface area contributed by atoms with Crippen LogP contribution in [0.4, 0.5) is 0 Å². The number of halogens is 1. The van der Waals surface area contributed by atoms with E-state index in [4.69, 9.17) is 25.8 Å².